The molecule has 1 aromatic rings. The third-order valence-electron chi connectivity index (χ3n) is 2.47. The molecule has 1 rings (SSSR count). The quantitative estimate of drug-likeness (QED) is 0.669. The van der Waals surface area contributed by atoms with E-state index in [4.69, 9.17) is 10.1 Å². The molecule has 0 heterocycles. The number of amides is 1. The minimum atomic E-state index is -0.500. The van der Waals surface area contributed by atoms with E-state index in [0.29, 0.717) is 0 Å². The second-order valence-corrected chi connectivity index (χ2v) is 3.74. The van der Waals surface area contributed by atoms with E-state index in [1.165, 1.54) is 0 Å². The van der Waals surface area contributed by atoms with E-state index in [1.807, 2.05) is 50.1 Å². The minimum absolute atomic E-state index is 0.0997. The van der Waals surface area contributed by atoms with Gasteiger partial charge in [-0.2, -0.15) is 0 Å². The molecule has 0 aliphatic heterocycles. The van der Waals surface area contributed by atoms with E-state index < -0.39 is 4.92 Å². The molecule has 1 amide bonds. The van der Waals surface area contributed by atoms with Crippen molar-refractivity contribution in [2.75, 3.05) is 32.5 Å². The van der Waals surface area contributed by atoms with Gasteiger partial charge in [0.2, 0.25) is 0 Å². The van der Waals surface area contributed by atoms with Crippen molar-refractivity contribution >= 4 is 11.6 Å². The Kier molecular flexibility index (Phi) is 7.92. The maximum Gasteiger partial charge on any atom is 0.253 e. The number of nitro groups is 1. The maximum absolute atomic E-state index is 11.9. The molecule has 0 aliphatic carbocycles. The van der Waals surface area contributed by atoms with Crippen LogP contribution >= 0.6 is 0 Å². The summed E-state index contributed by atoms with van der Waals surface area (Å²) >= 11 is 0. The largest absolute Gasteiger partial charge is 0.388 e. The van der Waals surface area contributed by atoms with Crippen molar-refractivity contribution in [2.45, 2.75) is 13.8 Å². The van der Waals surface area contributed by atoms with E-state index in [2.05, 4.69) is 5.32 Å². The fourth-order valence-electron chi connectivity index (χ4n) is 1.47. The van der Waals surface area contributed by atoms with E-state index in [1.54, 1.807) is 0 Å². The summed E-state index contributed by atoms with van der Waals surface area (Å²) in [4.78, 5) is 22.0. The Morgan fingerprint density at radius 1 is 1.26 bits per heavy atom. The van der Waals surface area contributed by atoms with Gasteiger partial charge >= 0.3 is 0 Å². The number of benzene rings is 1. The lowest BCUT2D eigenvalue weighted by Gasteiger charge is -2.18. The van der Waals surface area contributed by atoms with Gasteiger partial charge in [-0.1, -0.05) is 0 Å². The van der Waals surface area contributed by atoms with Crippen molar-refractivity contribution < 1.29 is 9.72 Å². The smallest absolute Gasteiger partial charge is 0.253 e. The standard InChI is InChI=1S/C12H18N2O.CH3NO2/c1-4-14(5-2)12(15)10-6-8-11(13-3)9-7-10;1-2(3)4/h6-9,13H,4-5H2,1-3H3;1H3. The van der Waals surface area contributed by atoms with Crippen LogP contribution in [0, 0.1) is 10.1 Å². The lowest BCUT2D eigenvalue weighted by molar-refractivity contribution is -0.445. The van der Waals surface area contributed by atoms with E-state index in [-0.39, 0.29) is 5.91 Å². The van der Waals surface area contributed by atoms with Crippen LogP contribution in [0.15, 0.2) is 24.3 Å². The minimum Gasteiger partial charge on any atom is -0.388 e. The molecule has 0 aromatic heterocycles. The molecule has 6 heteroatoms. The Hall–Kier alpha value is -2.11. The predicted octanol–water partition coefficient (Wildman–Crippen LogP) is 2.10. The summed E-state index contributed by atoms with van der Waals surface area (Å²) in [5.41, 5.74) is 1.77. The summed E-state index contributed by atoms with van der Waals surface area (Å²) in [6, 6.07) is 7.53. The van der Waals surface area contributed by atoms with Gasteiger partial charge in [0.25, 0.3) is 5.91 Å². The topological polar surface area (TPSA) is 75.5 Å². The highest BCUT2D eigenvalue weighted by atomic mass is 16.6. The molecule has 0 atom stereocenters. The van der Waals surface area contributed by atoms with Crippen LogP contribution in [-0.4, -0.2) is 42.9 Å². The first kappa shape index (κ1) is 16.9. The van der Waals surface area contributed by atoms with Gasteiger partial charge in [0, 0.05) is 36.3 Å². The van der Waals surface area contributed by atoms with Crippen LogP contribution in [0.25, 0.3) is 0 Å². The molecule has 0 fully saturated rings. The summed E-state index contributed by atoms with van der Waals surface area (Å²) in [6.45, 7) is 5.49. The molecule has 0 radical (unpaired) electrons. The maximum atomic E-state index is 11.9. The predicted molar refractivity (Wildman–Crippen MR) is 76.2 cm³/mol. The molecule has 0 saturated heterocycles. The number of hydrogen-bond acceptors (Lipinski definition) is 4. The third kappa shape index (κ3) is 6.40. The number of nitrogens with one attached hydrogen (secondary N) is 1. The molecule has 6 nitrogen and oxygen atoms in total. The van der Waals surface area contributed by atoms with Crippen molar-refractivity contribution in [2.24, 2.45) is 0 Å². The van der Waals surface area contributed by atoms with E-state index >= 15 is 0 Å². The van der Waals surface area contributed by atoms with Crippen molar-refractivity contribution in [1.82, 2.24) is 4.90 Å². The molecule has 1 N–H and O–H groups in total. The lowest BCUT2D eigenvalue weighted by Crippen LogP contribution is -2.30. The van der Waals surface area contributed by atoms with Gasteiger partial charge < -0.3 is 10.2 Å². The van der Waals surface area contributed by atoms with Crippen molar-refractivity contribution in [1.29, 1.82) is 0 Å². The van der Waals surface area contributed by atoms with E-state index in [0.717, 1.165) is 31.4 Å². The Bertz CT molecular complexity index is 396. The first-order valence-corrected chi connectivity index (χ1v) is 6.11. The number of anilines is 1. The van der Waals surface area contributed by atoms with Crippen LogP contribution in [0.3, 0.4) is 0 Å². The average Bonchev–Trinajstić information content (AvgIpc) is 2.39. The van der Waals surface area contributed by atoms with Crippen LogP contribution < -0.4 is 5.32 Å². The van der Waals surface area contributed by atoms with Crippen LogP contribution in [0.2, 0.25) is 0 Å². The molecular formula is C13H21N3O3. The zero-order valence-electron chi connectivity index (χ0n) is 11.8. The number of carbonyl (C=O) groups is 1. The summed E-state index contributed by atoms with van der Waals surface area (Å²) in [7, 11) is 2.75. The monoisotopic (exact) mass is 267 g/mol. The number of hydrogen-bond donors (Lipinski definition) is 1. The Labute approximate surface area is 113 Å². The highest BCUT2D eigenvalue weighted by molar-refractivity contribution is 5.94. The molecule has 0 bridgehead atoms. The van der Waals surface area contributed by atoms with Gasteiger partial charge in [-0.15, -0.1) is 0 Å². The molecule has 0 spiro atoms. The zero-order chi connectivity index (χ0) is 14.8. The number of rotatable bonds is 4. The normalized spacial score (nSPS) is 9.05. The summed E-state index contributed by atoms with van der Waals surface area (Å²) in [6.07, 6.45) is 0. The molecular weight excluding hydrogens is 246 g/mol. The third-order valence-corrected chi connectivity index (χ3v) is 2.47. The first-order valence-electron chi connectivity index (χ1n) is 6.11. The van der Waals surface area contributed by atoms with Crippen LogP contribution in [-0.2, 0) is 0 Å². The summed E-state index contributed by atoms with van der Waals surface area (Å²) in [5, 5.41) is 11.8. The van der Waals surface area contributed by atoms with Crippen LogP contribution in [0.5, 0.6) is 0 Å². The number of carbonyl (C=O) groups excluding carboxylic acids is 1. The molecule has 106 valence electrons. The number of nitrogens with zero attached hydrogens (tertiary/aromatic N) is 2. The van der Waals surface area contributed by atoms with Gasteiger partial charge in [-0.05, 0) is 38.1 Å². The SMILES string of the molecule is CCN(CC)C(=O)c1ccc(NC)cc1.C[N+](=O)[O-]. The molecule has 0 aliphatic rings. The molecule has 0 saturated carbocycles. The van der Waals surface area contributed by atoms with Gasteiger partial charge in [0.1, 0.15) is 0 Å². The van der Waals surface area contributed by atoms with E-state index in [9.17, 15) is 4.79 Å². The second kappa shape index (κ2) is 8.91. The fraction of sp³-hybridized carbons (Fsp3) is 0.462. The van der Waals surface area contributed by atoms with Crippen LogP contribution in [0.4, 0.5) is 5.69 Å². The van der Waals surface area contributed by atoms with Crippen molar-refractivity contribution in [3.63, 3.8) is 0 Å². The molecule has 0 unspecified atom stereocenters. The Balaban J connectivity index is 0.000000711. The summed E-state index contributed by atoms with van der Waals surface area (Å²) in [5.74, 6) is 0.0997. The lowest BCUT2D eigenvalue weighted by atomic mass is 10.2. The summed E-state index contributed by atoms with van der Waals surface area (Å²) < 4.78 is 0. The van der Waals surface area contributed by atoms with Crippen molar-refractivity contribution in [3.8, 4) is 0 Å². The molecule has 19 heavy (non-hydrogen) atoms. The molecule has 1 aromatic carbocycles. The highest BCUT2D eigenvalue weighted by Gasteiger charge is 2.11. The van der Waals surface area contributed by atoms with Crippen LogP contribution in [0.1, 0.15) is 24.2 Å². The highest BCUT2D eigenvalue weighted by Crippen LogP contribution is 2.10. The van der Waals surface area contributed by atoms with Gasteiger partial charge in [-0.3, -0.25) is 14.9 Å². The second-order valence-electron chi connectivity index (χ2n) is 3.74. The zero-order valence-corrected chi connectivity index (χ0v) is 11.8. The first-order chi connectivity index (χ1) is 8.96. The van der Waals surface area contributed by atoms with Crippen molar-refractivity contribution in [3.05, 3.63) is 39.9 Å². The Morgan fingerprint density at radius 3 is 2.00 bits per heavy atom. The fourth-order valence-corrected chi connectivity index (χ4v) is 1.47. The van der Waals surface area contributed by atoms with Gasteiger partial charge in [0.05, 0.1) is 0 Å². The van der Waals surface area contributed by atoms with Gasteiger partial charge in [-0.25, -0.2) is 0 Å². The average molecular weight is 267 g/mol. The Morgan fingerprint density at radius 2 is 1.68 bits per heavy atom. The van der Waals surface area contributed by atoms with Gasteiger partial charge in [0.15, 0.2) is 7.05 Å².